The van der Waals surface area contributed by atoms with Crippen LogP contribution in [0.5, 0.6) is 0 Å². The zero-order valence-corrected chi connectivity index (χ0v) is 34.0. The summed E-state index contributed by atoms with van der Waals surface area (Å²) < 4.78 is 8.74. The molecule has 0 fully saturated rings. The molecule has 0 radical (unpaired) electrons. The SMILES string of the molecule is CC(C)(C)c1ccc(-n2c(C3=C[C@@H](C(C)(C)C)C[C@@H](C(C)(C)C)[C@H]3O)nc3c(-c4[c-]c(C5=N[C@@H]6c7ccccc7C[C@@H]6O5)ccc4)cccc32)cc1.[Pd]. The van der Waals surface area contributed by atoms with Crippen LogP contribution in [0.25, 0.3) is 33.4 Å². The van der Waals surface area contributed by atoms with E-state index in [4.69, 9.17) is 14.7 Å². The Labute approximate surface area is 329 Å². The molecule has 0 unspecified atom stereocenters. The average molecular weight is 797 g/mol. The fourth-order valence-electron chi connectivity index (χ4n) is 8.50. The van der Waals surface area contributed by atoms with Crippen molar-refractivity contribution >= 4 is 22.5 Å². The second-order valence-electron chi connectivity index (χ2n) is 18.4. The van der Waals surface area contributed by atoms with Gasteiger partial charge in [-0.15, -0.1) is 29.8 Å². The Morgan fingerprint density at radius 2 is 1.49 bits per heavy atom. The molecule has 0 spiro atoms. The van der Waals surface area contributed by atoms with Crippen molar-refractivity contribution in [3.05, 3.63) is 125 Å². The van der Waals surface area contributed by atoms with Crippen molar-refractivity contribution in [2.75, 3.05) is 0 Å². The molecule has 0 amide bonds. The van der Waals surface area contributed by atoms with Crippen LogP contribution in [0.1, 0.15) is 103 Å². The molecule has 1 aliphatic heterocycles. The van der Waals surface area contributed by atoms with Gasteiger partial charge in [0.15, 0.2) is 0 Å². The Bertz CT molecular complexity index is 2230. The number of hydrogen-bond acceptors (Lipinski definition) is 4. The van der Waals surface area contributed by atoms with Crippen molar-refractivity contribution in [1.82, 2.24) is 9.55 Å². The zero-order chi connectivity index (χ0) is 36.7. The summed E-state index contributed by atoms with van der Waals surface area (Å²) >= 11 is 0. The van der Waals surface area contributed by atoms with Gasteiger partial charge in [-0.3, -0.25) is 9.56 Å². The molecule has 0 bridgehead atoms. The van der Waals surface area contributed by atoms with Gasteiger partial charge in [-0.05, 0) is 69.4 Å². The van der Waals surface area contributed by atoms with Crippen LogP contribution in [0, 0.1) is 28.7 Å². The van der Waals surface area contributed by atoms with E-state index in [9.17, 15) is 5.11 Å². The molecule has 2 aliphatic carbocycles. The molecule has 0 saturated carbocycles. The number of fused-ring (bicyclic) bond motifs is 4. The van der Waals surface area contributed by atoms with Gasteiger partial charge in [-0.2, -0.15) is 0 Å². The molecule has 2 heterocycles. The first kappa shape index (κ1) is 37.5. The number of allylic oxidation sites excluding steroid dienone is 1. The van der Waals surface area contributed by atoms with Crippen molar-refractivity contribution in [1.29, 1.82) is 0 Å². The number of aliphatic imine (C=N–C) groups is 1. The Kier molecular flexibility index (Phi) is 9.54. The number of aliphatic hydroxyl groups is 1. The number of ether oxygens (including phenoxy) is 1. The van der Waals surface area contributed by atoms with Gasteiger partial charge in [-0.1, -0.05) is 128 Å². The third-order valence-corrected chi connectivity index (χ3v) is 11.7. The monoisotopic (exact) mass is 796 g/mol. The molecule has 4 aromatic carbocycles. The van der Waals surface area contributed by atoms with Crippen molar-refractivity contribution in [2.45, 2.75) is 98.8 Å². The van der Waals surface area contributed by atoms with E-state index in [0.717, 1.165) is 57.7 Å². The normalized spacial score (nSPS) is 22.8. The Hall–Kier alpha value is -3.82. The number of benzene rings is 4. The number of hydrogen-bond donors (Lipinski definition) is 1. The number of aliphatic hydroxyl groups excluding tert-OH is 1. The van der Waals surface area contributed by atoms with Crippen LogP contribution >= 0.6 is 0 Å². The topological polar surface area (TPSA) is 59.6 Å². The number of rotatable bonds is 4. The van der Waals surface area contributed by atoms with Gasteiger partial charge < -0.3 is 9.84 Å². The summed E-state index contributed by atoms with van der Waals surface area (Å²) in [6, 6.07) is 33.7. The van der Waals surface area contributed by atoms with Crippen LogP contribution < -0.4 is 0 Å². The van der Waals surface area contributed by atoms with E-state index in [-0.39, 0.29) is 60.6 Å². The number of aromatic nitrogens is 2. The first-order valence-electron chi connectivity index (χ1n) is 19.0. The quantitative estimate of drug-likeness (QED) is 0.146. The summed E-state index contributed by atoms with van der Waals surface area (Å²) in [4.78, 5) is 10.6. The Morgan fingerprint density at radius 3 is 2.19 bits per heavy atom. The molecule has 0 saturated heterocycles. The largest absolute Gasteiger partial charge is 0.505 e. The molecular weight excluding hydrogens is 745 g/mol. The summed E-state index contributed by atoms with van der Waals surface area (Å²) in [6.45, 7) is 20.4. The summed E-state index contributed by atoms with van der Waals surface area (Å²) in [7, 11) is 0. The number of para-hydroxylation sites is 1. The molecule has 5 nitrogen and oxygen atoms in total. The Morgan fingerprint density at radius 1 is 0.792 bits per heavy atom. The molecule has 5 aromatic rings. The van der Waals surface area contributed by atoms with E-state index in [0.29, 0.717) is 5.90 Å². The van der Waals surface area contributed by atoms with E-state index in [1.807, 2.05) is 6.07 Å². The average Bonchev–Trinajstić information content (AvgIpc) is 3.78. The molecule has 1 aromatic heterocycles. The Balaban J connectivity index is 0.00000435. The molecule has 6 heteroatoms. The number of imidazole rings is 1. The van der Waals surface area contributed by atoms with Crippen LogP contribution in [0.4, 0.5) is 0 Å². The zero-order valence-electron chi connectivity index (χ0n) is 32.5. The van der Waals surface area contributed by atoms with Gasteiger partial charge >= 0.3 is 0 Å². The smallest absolute Gasteiger partial charge is 0.148 e. The van der Waals surface area contributed by atoms with Gasteiger partial charge in [-0.25, -0.2) is 4.98 Å². The van der Waals surface area contributed by atoms with Crippen molar-refractivity contribution < 1.29 is 30.3 Å². The summed E-state index contributed by atoms with van der Waals surface area (Å²) in [5.41, 5.74) is 10.4. The molecule has 278 valence electrons. The minimum Gasteiger partial charge on any atom is -0.505 e. The fourth-order valence-corrected chi connectivity index (χ4v) is 8.50. The van der Waals surface area contributed by atoms with Gasteiger partial charge in [0, 0.05) is 38.1 Å². The minimum absolute atomic E-state index is 0. The van der Waals surface area contributed by atoms with Gasteiger partial charge in [0.2, 0.25) is 0 Å². The van der Waals surface area contributed by atoms with Crippen molar-refractivity contribution in [2.24, 2.45) is 27.7 Å². The van der Waals surface area contributed by atoms with Crippen LogP contribution in [-0.2, 0) is 37.0 Å². The maximum Gasteiger partial charge on any atom is 0.148 e. The third-order valence-electron chi connectivity index (χ3n) is 11.7. The van der Waals surface area contributed by atoms with Crippen LogP contribution in [-0.4, -0.2) is 32.8 Å². The van der Waals surface area contributed by atoms with Crippen molar-refractivity contribution in [3.63, 3.8) is 0 Å². The van der Waals surface area contributed by atoms with Crippen molar-refractivity contribution in [3.8, 4) is 16.8 Å². The molecule has 5 atom stereocenters. The van der Waals surface area contributed by atoms with E-state index >= 15 is 0 Å². The summed E-state index contributed by atoms with van der Waals surface area (Å²) in [5, 5.41) is 12.3. The predicted molar refractivity (Wildman–Crippen MR) is 213 cm³/mol. The minimum atomic E-state index is -0.650. The third kappa shape index (κ3) is 6.77. The van der Waals surface area contributed by atoms with E-state index < -0.39 is 6.10 Å². The molecule has 1 N–H and O–H groups in total. The van der Waals surface area contributed by atoms with Crippen LogP contribution in [0.3, 0.4) is 0 Å². The van der Waals surface area contributed by atoms with E-state index in [1.54, 1.807) is 0 Å². The van der Waals surface area contributed by atoms with Gasteiger partial charge in [0.05, 0.1) is 17.1 Å². The maximum atomic E-state index is 12.3. The fraction of sp³-hybridized carbons (Fsp3) is 0.404. The molecule has 3 aliphatic rings. The number of nitrogens with zero attached hydrogens (tertiary/aromatic N) is 3. The van der Waals surface area contributed by atoms with Crippen LogP contribution in [0.2, 0.25) is 0 Å². The molecule has 53 heavy (non-hydrogen) atoms. The van der Waals surface area contributed by atoms with Gasteiger partial charge in [0.25, 0.3) is 0 Å². The van der Waals surface area contributed by atoms with E-state index in [1.165, 1.54) is 16.7 Å². The predicted octanol–water partition coefficient (Wildman–Crippen LogP) is 10.7. The maximum absolute atomic E-state index is 12.3. The molecule has 8 rings (SSSR count). The first-order valence-corrected chi connectivity index (χ1v) is 19.0. The second-order valence-corrected chi connectivity index (χ2v) is 18.4. The summed E-state index contributed by atoms with van der Waals surface area (Å²) in [6.07, 6.45) is 3.51. The van der Waals surface area contributed by atoms with Gasteiger partial charge in [0.1, 0.15) is 23.9 Å². The van der Waals surface area contributed by atoms with Crippen LogP contribution in [0.15, 0.2) is 96.0 Å². The first-order chi connectivity index (χ1) is 24.6. The van der Waals surface area contributed by atoms with E-state index in [2.05, 4.69) is 158 Å². The second kappa shape index (κ2) is 13.5. The standard InChI is InChI=1S/C47H52N3O2.Pd/c1-45(2,3)31-20-22-33(23-21-31)50-38-19-13-18-34(40(38)48-43(50)36-26-32(46(4,5)6)27-37(42(36)51)47(7,8)9)28-15-12-16-30(24-28)44-49-41-35-17-11-10-14-29(35)25-39(41)52-44;/h10-23,26,32,37,39,41-42,51H,25,27H2,1-9H3;/q-1;/t32-,37-,39+,41-,42+;/m1./s1. The summed E-state index contributed by atoms with van der Waals surface area (Å²) in [5.74, 6) is 1.82. The molecular formula is C47H52N3O2Pd-.